The van der Waals surface area contributed by atoms with Crippen molar-refractivity contribution in [2.75, 3.05) is 11.9 Å². The highest BCUT2D eigenvalue weighted by Gasteiger charge is 2.04. The Morgan fingerprint density at radius 2 is 1.80 bits per heavy atom. The van der Waals surface area contributed by atoms with Crippen molar-refractivity contribution in [2.24, 2.45) is 0 Å². The molecule has 0 aliphatic rings. The third-order valence-electron chi connectivity index (χ3n) is 3.07. The van der Waals surface area contributed by atoms with Gasteiger partial charge in [0, 0.05) is 12.1 Å². The van der Waals surface area contributed by atoms with Crippen molar-refractivity contribution in [1.82, 2.24) is 0 Å². The molecule has 0 heterocycles. The lowest BCUT2D eigenvalue weighted by Crippen LogP contribution is -2.04. The third-order valence-corrected chi connectivity index (χ3v) is 3.40. The molecule has 20 heavy (non-hydrogen) atoms. The van der Waals surface area contributed by atoms with E-state index in [1.54, 1.807) is 0 Å². The number of halogens is 1. The van der Waals surface area contributed by atoms with Gasteiger partial charge in [-0.25, -0.2) is 0 Å². The smallest absolute Gasteiger partial charge is 0.124 e. The van der Waals surface area contributed by atoms with Crippen LogP contribution >= 0.6 is 11.6 Å². The summed E-state index contributed by atoms with van der Waals surface area (Å²) in [6.07, 6.45) is 2.21. The molecule has 0 unspecified atom stereocenters. The van der Waals surface area contributed by atoms with Crippen LogP contribution in [0.25, 0.3) is 0 Å². The zero-order valence-electron chi connectivity index (χ0n) is 11.7. The molecule has 1 N–H and O–H groups in total. The van der Waals surface area contributed by atoms with Crippen molar-refractivity contribution >= 4 is 17.3 Å². The van der Waals surface area contributed by atoms with Crippen LogP contribution in [0.5, 0.6) is 5.75 Å². The Morgan fingerprint density at radius 1 is 1.05 bits per heavy atom. The molecule has 0 amide bonds. The molecule has 0 saturated carbocycles. The number of nitrogens with one attached hydrogen (secondary N) is 1. The molecule has 3 heteroatoms. The monoisotopic (exact) mass is 289 g/mol. The van der Waals surface area contributed by atoms with Crippen LogP contribution in [-0.4, -0.2) is 6.61 Å². The normalized spacial score (nSPS) is 10.3. The highest BCUT2D eigenvalue weighted by molar-refractivity contribution is 6.33. The van der Waals surface area contributed by atoms with E-state index >= 15 is 0 Å². The molecule has 0 aliphatic heterocycles. The van der Waals surface area contributed by atoms with Gasteiger partial charge in [-0.05, 0) is 24.6 Å². The Labute approximate surface area is 125 Å². The van der Waals surface area contributed by atoms with E-state index in [9.17, 15) is 0 Å². The van der Waals surface area contributed by atoms with E-state index in [4.69, 9.17) is 16.3 Å². The first-order valence-electron chi connectivity index (χ1n) is 7.00. The van der Waals surface area contributed by atoms with Gasteiger partial charge in [0.2, 0.25) is 0 Å². The summed E-state index contributed by atoms with van der Waals surface area (Å²) in [5, 5.41) is 4.08. The molecule has 0 saturated heterocycles. The highest BCUT2D eigenvalue weighted by atomic mass is 35.5. The van der Waals surface area contributed by atoms with E-state index in [0.717, 1.165) is 41.5 Å². The van der Waals surface area contributed by atoms with Crippen molar-refractivity contribution in [3.05, 3.63) is 59.1 Å². The van der Waals surface area contributed by atoms with Crippen molar-refractivity contribution in [3.8, 4) is 5.75 Å². The maximum atomic E-state index is 6.14. The molecule has 0 aliphatic carbocycles. The first-order valence-corrected chi connectivity index (χ1v) is 7.38. The minimum atomic E-state index is 0.700. The van der Waals surface area contributed by atoms with Crippen LogP contribution in [0, 0.1) is 0 Å². The van der Waals surface area contributed by atoms with Crippen LogP contribution in [0.1, 0.15) is 25.3 Å². The summed E-state index contributed by atoms with van der Waals surface area (Å²) in [5.41, 5.74) is 2.08. The van der Waals surface area contributed by atoms with Gasteiger partial charge in [-0.3, -0.25) is 0 Å². The van der Waals surface area contributed by atoms with Gasteiger partial charge in [0.05, 0.1) is 17.3 Å². The van der Waals surface area contributed by atoms with Gasteiger partial charge in [0.15, 0.2) is 0 Å². The fraction of sp³-hybridized carbons (Fsp3) is 0.294. The lowest BCUT2D eigenvalue weighted by atomic mass is 10.2. The van der Waals surface area contributed by atoms with E-state index in [1.165, 1.54) is 0 Å². The quantitative estimate of drug-likeness (QED) is 0.713. The van der Waals surface area contributed by atoms with E-state index < -0.39 is 0 Å². The minimum absolute atomic E-state index is 0.700. The second kappa shape index (κ2) is 7.81. The number of hydrogen-bond donors (Lipinski definition) is 1. The number of ether oxygens (including phenoxy) is 1. The van der Waals surface area contributed by atoms with Crippen LogP contribution in [0.15, 0.2) is 48.5 Å². The topological polar surface area (TPSA) is 21.3 Å². The molecule has 0 spiro atoms. The van der Waals surface area contributed by atoms with Gasteiger partial charge in [-0.2, -0.15) is 0 Å². The Morgan fingerprint density at radius 3 is 2.60 bits per heavy atom. The predicted molar refractivity (Wildman–Crippen MR) is 85.6 cm³/mol. The number of anilines is 1. The summed E-state index contributed by atoms with van der Waals surface area (Å²) < 4.78 is 5.82. The maximum absolute atomic E-state index is 6.14. The molecular formula is C17H20ClNO. The van der Waals surface area contributed by atoms with Gasteiger partial charge < -0.3 is 10.1 Å². The average Bonchev–Trinajstić information content (AvgIpc) is 2.48. The second-order valence-electron chi connectivity index (χ2n) is 4.64. The molecule has 0 radical (unpaired) electrons. The Hall–Kier alpha value is -1.67. The van der Waals surface area contributed by atoms with Crippen LogP contribution in [0.4, 0.5) is 5.69 Å². The molecule has 2 aromatic carbocycles. The summed E-state index contributed by atoms with van der Waals surface area (Å²) in [7, 11) is 0. The summed E-state index contributed by atoms with van der Waals surface area (Å²) in [6, 6.07) is 15.9. The maximum Gasteiger partial charge on any atom is 0.124 e. The van der Waals surface area contributed by atoms with Crippen LogP contribution in [0.3, 0.4) is 0 Å². The van der Waals surface area contributed by atoms with E-state index in [-0.39, 0.29) is 0 Å². The number of rotatable bonds is 7. The standard InChI is InChI=1S/C17H20ClNO/c1-2-3-12-20-17-11-7-4-8-14(17)13-19-16-10-6-5-9-15(16)18/h4-11,19H,2-3,12-13H2,1H3. The molecule has 0 bridgehead atoms. The van der Waals surface area contributed by atoms with Crippen LogP contribution in [-0.2, 0) is 6.54 Å². The van der Waals surface area contributed by atoms with Crippen molar-refractivity contribution in [3.63, 3.8) is 0 Å². The molecule has 2 nitrogen and oxygen atoms in total. The van der Waals surface area contributed by atoms with Crippen molar-refractivity contribution in [1.29, 1.82) is 0 Å². The SMILES string of the molecule is CCCCOc1ccccc1CNc1ccccc1Cl. The summed E-state index contributed by atoms with van der Waals surface area (Å²) >= 11 is 6.14. The first-order chi connectivity index (χ1) is 9.81. The van der Waals surface area contributed by atoms with Crippen LogP contribution in [0.2, 0.25) is 5.02 Å². The number of benzene rings is 2. The highest BCUT2D eigenvalue weighted by Crippen LogP contribution is 2.24. The largest absolute Gasteiger partial charge is 0.493 e. The molecule has 106 valence electrons. The second-order valence-corrected chi connectivity index (χ2v) is 5.05. The number of para-hydroxylation sites is 2. The van der Waals surface area contributed by atoms with Crippen LogP contribution < -0.4 is 10.1 Å². The van der Waals surface area contributed by atoms with Gasteiger partial charge in [-0.1, -0.05) is 55.3 Å². The van der Waals surface area contributed by atoms with E-state index in [0.29, 0.717) is 6.54 Å². The average molecular weight is 290 g/mol. The minimum Gasteiger partial charge on any atom is -0.493 e. The molecular weight excluding hydrogens is 270 g/mol. The lowest BCUT2D eigenvalue weighted by molar-refractivity contribution is 0.306. The zero-order valence-corrected chi connectivity index (χ0v) is 12.5. The third kappa shape index (κ3) is 4.17. The van der Waals surface area contributed by atoms with Gasteiger partial charge in [0.25, 0.3) is 0 Å². The van der Waals surface area contributed by atoms with Gasteiger partial charge >= 0.3 is 0 Å². The fourth-order valence-corrected chi connectivity index (χ4v) is 2.11. The van der Waals surface area contributed by atoms with Gasteiger partial charge in [-0.15, -0.1) is 0 Å². The number of unbranched alkanes of at least 4 members (excludes halogenated alkanes) is 1. The molecule has 2 aromatic rings. The molecule has 0 aromatic heterocycles. The Kier molecular flexibility index (Phi) is 5.75. The first kappa shape index (κ1) is 14.7. The van der Waals surface area contributed by atoms with E-state index in [1.807, 2.05) is 42.5 Å². The lowest BCUT2D eigenvalue weighted by Gasteiger charge is -2.13. The Bertz CT molecular complexity index is 542. The summed E-state index contributed by atoms with van der Waals surface area (Å²) in [6.45, 7) is 3.62. The summed E-state index contributed by atoms with van der Waals surface area (Å²) in [4.78, 5) is 0. The summed E-state index contributed by atoms with van der Waals surface area (Å²) in [5.74, 6) is 0.945. The Balaban J connectivity index is 2.00. The van der Waals surface area contributed by atoms with Crippen molar-refractivity contribution < 1.29 is 4.74 Å². The zero-order chi connectivity index (χ0) is 14.2. The van der Waals surface area contributed by atoms with Gasteiger partial charge in [0.1, 0.15) is 5.75 Å². The predicted octanol–water partition coefficient (Wildman–Crippen LogP) is 5.13. The number of hydrogen-bond acceptors (Lipinski definition) is 2. The molecule has 2 rings (SSSR count). The van der Waals surface area contributed by atoms with E-state index in [2.05, 4.69) is 18.3 Å². The molecule has 0 fully saturated rings. The van der Waals surface area contributed by atoms with Crippen molar-refractivity contribution in [2.45, 2.75) is 26.3 Å². The molecule has 0 atom stereocenters. The fourth-order valence-electron chi connectivity index (χ4n) is 1.91.